The van der Waals surface area contributed by atoms with Gasteiger partial charge in [-0.15, -0.1) is 0 Å². The number of carbonyl (C=O) groups is 1. The molecule has 2 aromatic heterocycles. The molecule has 0 unspecified atom stereocenters. The van der Waals surface area contributed by atoms with Crippen LogP contribution in [0.2, 0.25) is 0 Å². The highest BCUT2D eigenvalue weighted by molar-refractivity contribution is 6.05. The van der Waals surface area contributed by atoms with E-state index in [1.165, 1.54) is 0 Å². The van der Waals surface area contributed by atoms with Crippen molar-refractivity contribution < 1.29 is 9.53 Å². The lowest BCUT2D eigenvalue weighted by molar-refractivity contribution is 0.102. The number of nitrogens with zero attached hydrogens (tertiary/aromatic N) is 2. The van der Waals surface area contributed by atoms with E-state index in [1.54, 1.807) is 13.3 Å². The Balaban J connectivity index is 1.61. The fraction of sp³-hybridized carbons (Fsp3) is 0.278. The molecule has 2 heterocycles. The van der Waals surface area contributed by atoms with Crippen LogP contribution in [-0.4, -0.2) is 33.4 Å². The van der Waals surface area contributed by atoms with Gasteiger partial charge in [-0.05, 0) is 31.9 Å². The number of nitrogens with one attached hydrogen (secondary N) is 3. The maximum Gasteiger partial charge on any atom is 0.260 e. The van der Waals surface area contributed by atoms with Crippen LogP contribution in [-0.2, 0) is 0 Å². The Bertz CT molecular complexity index is 923. The van der Waals surface area contributed by atoms with Gasteiger partial charge in [0.1, 0.15) is 5.75 Å². The van der Waals surface area contributed by atoms with Gasteiger partial charge in [0.15, 0.2) is 5.82 Å². The molecule has 1 aliphatic rings. The molecule has 128 valence electrons. The molecule has 3 N–H and O–H groups in total. The summed E-state index contributed by atoms with van der Waals surface area (Å²) in [6, 6.07) is 7.69. The molecule has 0 atom stereocenters. The topological polar surface area (TPSA) is 95.7 Å². The highest BCUT2D eigenvalue weighted by Crippen LogP contribution is 2.40. The lowest BCUT2D eigenvalue weighted by atomic mass is 10.1. The van der Waals surface area contributed by atoms with Crippen molar-refractivity contribution >= 4 is 11.7 Å². The average molecular weight is 337 g/mol. The highest BCUT2D eigenvalue weighted by atomic mass is 16.5. The Morgan fingerprint density at radius 2 is 2.08 bits per heavy atom. The number of para-hydroxylation sites is 1. The summed E-state index contributed by atoms with van der Waals surface area (Å²) in [4.78, 5) is 12.6. The fourth-order valence-corrected chi connectivity index (χ4v) is 2.97. The van der Waals surface area contributed by atoms with Crippen molar-refractivity contribution in [1.82, 2.24) is 20.4 Å². The van der Waals surface area contributed by atoms with Crippen LogP contribution in [0.3, 0.4) is 0 Å². The van der Waals surface area contributed by atoms with Crippen LogP contribution in [0.1, 0.15) is 40.4 Å². The fourth-order valence-electron chi connectivity index (χ4n) is 2.97. The molecule has 1 amide bonds. The lowest BCUT2D eigenvalue weighted by Crippen LogP contribution is -2.14. The molecular formula is C18H19N5O2. The van der Waals surface area contributed by atoms with Gasteiger partial charge in [-0.1, -0.05) is 12.1 Å². The number of anilines is 1. The van der Waals surface area contributed by atoms with E-state index in [2.05, 4.69) is 25.7 Å². The van der Waals surface area contributed by atoms with Crippen molar-refractivity contribution in [2.45, 2.75) is 25.7 Å². The van der Waals surface area contributed by atoms with Gasteiger partial charge in [-0.3, -0.25) is 15.0 Å². The normalized spacial score (nSPS) is 13.7. The third-order valence-corrected chi connectivity index (χ3v) is 4.52. The van der Waals surface area contributed by atoms with Crippen molar-refractivity contribution in [3.8, 4) is 17.0 Å². The molecule has 0 radical (unpaired) electrons. The van der Waals surface area contributed by atoms with Crippen molar-refractivity contribution in [1.29, 1.82) is 0 Å². The van der Waals surface area contributed by atoms with E-state index in [0.717, 1.165) is 41.1 Å². The Kier molecular flexibility index (Phi) is 3.76. The number of methoxy groups -OCH3 is 1. The molecule has 0 bridgehead atoms. The molecule has 1 saturated carbocycles. The highest BCUT2D eigenvalue weighted by Gasteiger charge is 2.30. The minimum absolute atomic E-state index is 0.197. The van der Waals surface area contributed by atoms with Gasteiger partial charge in [0.05, 0.1) is 30.3 Å². The number of benzene rings is 1. The number of amides is 1. The van der Waals surface area contributed by atoms with Gasteiger partial charge >= 0.3 is 0 Å². The van der Waals surface area contributed by atoms with Gasteiger partial charge < -0.3 is 10.1 Å². The minimum Gasteiger partial charge on any atom is -0.496 e. The first-order chi connectivity index (χ1) is 12.2. The summed E-state index contributed by atoms with van der Waals surface area (Å²) < 4.78 is 5.41. The zero-order valence-electron chi connectivity index (χ0n) is 14.1. The molecule has 1 aliphatic carbocycles. The molecule has 4 rings (SSSR count). The van der Waals surface area contributed by atoms with Crippen molar-refractivity contribution in [2.75, 3.05) is 12.4 Å². The van der Waals surface area contributed by atoms with Crippen molar-refractivity contribution in [3.05, 3.63) is 47.3 Å². The third kappa shape index (κ3) is 2.77. The summed E-state index contributed by atoms with van der Waals surface area (Å²) in [5.74, 6) is 1.48. The van der Waals surface area contributed by atoms with Gasteiger partial charge in [0.25, 0.3) is 5.91 Å². The standard InChI is InChI=1S/C18H19N5O2/c1-10-15(12-5-3-4-6-14(12)25-2)22-23-17(10)20-18(24)13-9-19-21-16(13)11-7-8-11/h3-6,9,11H,7-8H2,1-2H3,(H,19,21)(H2,20,22,23,24). The number of aromatic nitrogens is 4. The first kappa shape index (κ1) is 15.4. The number of H-pyrrole nitrogens is 2. The second kappa shape index (κ2) is 6.08. The zero-order chi connectivity index (χ0) is 17.4. The Labute approximate surface area is 144 Å². The van der Waals surface area contributed by atoms with Gasteiger partial charge in [0, 0.05) is 17.0 Å². The third-order valence-electron chi connectivity index (χ3n) is 4.52. The first-order valence-corrected chi connectivity index (χ1v) is 8.22. The van der Waals surface area contributed by atoms with Crippen LogP contribution < -0.4 is 10.1 Å². The monoisotopic (exact) mass is 337 g/mol. The maximum absolute atomic E-state index is 12.6. The second-order valence-corrected chi connectivity index (χ2v) is 6.20. The van der Waals surface area contributed by atoms with Gasteiger partial charge in [-0.2, -0.15) is 10.2 Å². The number of hydrogen-bond donors (Lipinski definition) is 3. The molecule has 0 aliphatic heterocycles. The van der Waals surface area contributed by atoms with Crippen molar-refractivity contribution in [2.24, 2.45) is 0 Å². The van der Waals surface area contributed by atoms with Crippen LogP contribution >= 0.6 is 0 Å². The predicted octanol–water partition coefficient (Wildman–Crippen LogP) is 3.25. The largest absolute Gasteiger partial charge is 0.496 e. The average Bonchev–Trinajstić information content (AvgIpc) is 3.25. The van der Waals surface area contributed by atoms with E-state index in [4.69, 9.17) is 4.74 Å². The van der Waals surface area contributed by atoms with E-state index < -0.39 is 0 Å². The van der Waals surface area contributed by atoms with Crippen LogP contribution in [0.5, 0.6) is 5.75 Å². The lowest BCUT2D eigenvalue weighted by Gasteiger charge is -2.07. The molecule has 1 fully saturated rings. The van der Waals surface area contributed by atoms with E-state index in [-0.39, 0.29) is 5.91 Å². The van der Waals surface area contributed by atoms with Gasteiger partial charge in [-0.25, -0.2) is 0 Å². The number of ether oxygens (including phenoxy) is 1. The number of rotatable bonds is 5. The van der Waals surface area contributed by atoms with Crippen molar-refractivity contribution in [3.63, 3.8) is 0 Å². The summed E-state index contributed by atoms with van der Waals surface area (Å²) in [5.41, 5.74) is 4.08. The molecule has 1 aromatic carbocycles. The Morgan fingerprint density at radius 3 is 2.84 bits per heavy atom. The maximum atomic E-state index is 12.6. The smallest absolute Gasteiger partial charge is 0.260 e. The molecule has 7 heteroatoms. The number of hydrogen-bond acceptors (Lipinski definition) is 4. The molecule has 0 saturated heterocycles. The van der Waals surface area contributed by atoms with E-state index in [0.29, 0.717) is 17.3 Å². The van der Waals surface area contributed by atoms with E-state index >= 15 is 0 Å². The molecule has 0 spiro atoms. The summed E-state index contributed by atoms with van der Waals surface area (Å²) in [5, 5.41) is 17.1. The molecule has 25 heavy (non-hydrogen) atoms. The summed E-state index contributed by atoms with van der Waals surface area (Å²) >= 11 is 0. The van der Waals surface area contributed by atoms with E-state index in [1.807, 2.05) is 31.2 Å². The molecular weight excluding hydrogens is 318 g/mol. The van der Waals surface area contributed by atoms with Crippen LogP contribution in [0.15, 0.2) is 30.5 Å². The minimum atomic E-state index is -0.197. The van der Waals surface area contributed by atoms with E-state index in [9.17, 15) is 4.79 Å². The summed E-state index contributed by atoms with van der Waals surface area (Å²) in [7, 11) is 1.63. The SMILES string of the molecule is COc1ccccc1-c1[nH]nc(NC(=O)c2cn[nH]c2C2CC2)c1C. The number of carbonyl (C=O) groups excluding carboxylic acids is 1. The number of aromatic amines is 2. The van der Waals surface area contributed by atoms with Crippen LogP contribution in [0.4, 0.5) is 5.82 Å². The quantitative estimate of drug-likeness (QED) is 0.666. The van der Waals surface area contributed by atoms with Gasteiger partial charge in [0.2, 0.25) is 0 Å². The Hall–Kier alpha value is -3.09. The zero-order valence-corrected chi connectivity index (χ0v) is 14.1. The van der Waals surface area contributed by atoms with Crippen LogP contribution in [0, 0.1) is 6.92 Å². The Morgan fingerprint density at radius 1 is 1.28 bits per heavy atom. The summed E-state index contributed by atoms with van der Waals surface area (Å²) in [6.45, 7) is 1.91. The molecule has 3 aromatic rings. The second-order valence-electron chi connectivity index (χ2n) is 6.20. The van der Waals surface area contributed by atoms with Crippen LogP contribution in [0.25, 0.3) is 11.3 Å². The summed E-state index contributed by atoms with van der Waals surface area (Å²) in [6.07, 6.45) is 3.77. The predicted molar refractivity (Wildman–Crippen MR) is 93.8 cm³/mol. The first-order valence-electron chi connectivity index (χ1n) is 8.22. The molecule has 7 nitrogen and oxygen atoms in total.